The Morgan fingerprint density at radius 1 is 1.43 bits per heavy atom. The molecule has 0 fully saturated rings. The lowest BCUT2D eigenvalue weighted by molar-refractivity contribution is -0.121. The van der Waals surface area contributed by atoms with Gasteiger partial charge in [0.15, 0.2) is 0 Å². The van der Waals surface area contributed by atoms with E-state index >= 15 is 0 Å². The first kappa shape index (κ1) is 15.0. The third-order valence-corrected chi connectivity index (χ3v) is 3.11. The number of nitrogens with zero attached hydrogens (tertiary/aromatic N) is 1. The van der Waals surface area contributed by atoms with Crippen molar-refractivity contribution in [3.05, 3.63) is 29.3 Å². The van der Waals surface area contributed by atoms with Gasteiger partial charge >= 0.3 is 6.18 Å². The topological polar surface area (TPSA) is 84.5 Å². The van der Waals surface area contributed by atoms with Crippen LogP contribution in [0.2, 0.25) is 0 Å². The normalized spacial score (nSPS) is 19.0. The van der Waals surface area contributed by atoms with E-state index in [2.05, 4.69) is 10.5 Å². The molecule has 0 saturated carbocycles. The van der Waals surface area contributed by atoms with Crippen LogP contribution in [0.1, 0.15) is 29.3 Å². The standard InChI is InChI=1S/C13H12F3N3O2/c1-6-4-10(20)18-19-11(6)8-3-2-7(5-9(8)17)12(21)13(14,15)16/h2-3,5-6H,4,17H2,1H3,(H,18,20). The number of carbonyl (C=O) groups excluding carboxylic acids is 2. The summed E-state index contributed by atoms with van der Waals surface area (Å²) in [6.45, 7) is 1.76. The smallest absolute Gasteiger partial charge is 0.398 e. The Bertz CT molecular complexity index is 638. The van der Waals surface area contributed by atoms with Crippen molar-refractivity contribution < 1.29 is 22.8 Å². The Balaban J connectivity index is 2.37. The number of rotatable bonds is 2. The molecule has 0 saturated heterocycles. The number of hydrogen-bond donors (Lipinski definition) is 2. The van der Waals surface area contributed by atoms with Crippen molar-refractivity contribution in [1.29, 1.82) is 0 Å². The van der Waals surface area contributed by atoms with Gasteiger partial charge in [0.2, 0.25) is 5.91 Å². The van der Waals surface area contributed by atoms with E-state index in [1.165, 1.54) is 6.07 Å². The summed E-state index contributed by atoms with van der Waals surface area (Å²) in [4.78, 5) is 22.3. The van der Waals surface area contributed by atoms with E-state index in [1.807, 2.05) is 0 Å². The van der Waals surface area contributed by atoms with Crippen LogP contribution in [0.15, 0.2) is 23.3 Å². The maximum absolute atomic E-state index is 12.4. The zero-order valence-electron chi connectivity index (χ0n) is 11.0. The van der Waals surface area contributed by atoms with Crippen LogP contribution in [0.25, 0.3) is 0 Å². The Kier molecular flexibility index (Phi) is 3.71. The van der Waals surface area contributed by atoms with E-state index in [0.29, 0.717) is 11.3 Å². The first-order chi connectivity index (χ1) is 9.70. The number of benzene rings is 1. The molecule has 1 heterocycles. The molecular weight excluding hydrogens is 287 g/mol. The molecular formula is C13H12F3N3O2. The molecule has 1 amide bonds. The van der Waals surface area contributed by atoms with Gasteiger partial charge in [-0.3, -0.25) is 9.59 Å². The van der Waals surface area contributed by atoms with E-state index in [1.54, 1.807) is 6.92 Å². The average Bonchev–Trinajstić information content (AvgIpc) is 2.37. The molecule has 5 nitrogen and oxygen atoms in total. The van der Waals surface area contributed by atoms with E-state index < -0.39 is 17.5 Å². The highest BCUT2D eigenvalue weighted by Gasteiger charge is 2.39. The molecule has 1 aromatic rings. The van der Waals surface area contributed by atoms with E-state index in [9.17, 15) is 22.8 Å². The number of amides is 1. The summed E-state index contributed by atoms with van der Waals surface area (Å²) >= 11 is 0. The number of ketones is 1. The fraction of sp³-hybridized carbons (Fsp3) is 0.308. The van der Waals surface area contributed by atoms with Crippen molar-refractivity contribution in [2.24, 2.45) is 11.0 Å². The highest BCUT2D eigenvalue weighted by Crippen LogP contribution is 2.26. The predicted octanol–water partition coefficient (Wildman–Crippen LogP) is 1.87. The van der Waals surface area contributed by atoms with Crippen LogP contribution in [0, 0.1) is 5.92 Å². The molecule has 0 aliphatic carbocycles. The second kappa shape index (κ2) is 5.19. The van der Waals surface area contributed by atoms with Gasteiger partial charge in [0.25, 0.3) is 5.78 Å². The second-order valence-electron chi connectivity index (χ2n) is 4.77. The summed E-state index contributed by atoms with van der Waals surface area (Å²) in [7, 11) is 0. The first-order valence-corrected chi connectivity index (χ1v) is 6.08. The third kappa shape index (κ3) is 3.04. The molecule has 0 spiro atoms. The van der Waals surface area contributed by atoms with Crippen LogP contribution >= 0.6 is 0 Å². The van der Waals surface area contributed by atoms with Crippen LogP contribution in [-0.2, 0) is 4.79 Å². The SMILES string of the molecule is CC1CC(=O)NN=C1c1ccc(C(=O)C(F)(F)F)cc1N. The maximum atomic E-state index is 12.4. The molecule has 1 atom stereocenters. The molecule has 1 unspecified atom stereocenters. The summed E-state index contributed by atoms with van der Waals surface area (Å²) in [6.07, 6.45) is -4.74. The minimum absolute atomic E-state index is 0.00634. The molecule has 0 aromatic heterocycles. The van der Waals surface area contributed by atoms with Gasteiger partial charge in [-0.25, -0.2) is 5.43 Å². The number of carbonyl (C=O) groups is 2. The van der Waals surface area contributed by atoms with Crippen LogP contribution < -0.4 is 11.2 Å². The highest BCUT2D eigenvalue weighted by atomic mass is 19.4. The molecule has 1 aromatic carbocycles. The van der Waals surface area contributed by atoms with E-state index in [0.717, 1.165) is 12.1 Å². The number of hydrogen-bond acceptors (Lipinski definition) is 4. The molecule has 8 heteroatoms. The zero-order chi connectivity index (χ0) is 15.8. The van der Waals surface area contributed by atoms with Gasteiger partial charge in [0, 0.05) is 29.2 Å². The number of anilines is 1. The monoisotopic (exact) mass is 299 g/mol. The number of nitrogens with one attached hydrogen (secondary N) is 1. The molecule has 0 bridgehead atoms. The number of nitrogen functional groups attached to an aromatic ring is 1. The van der Waals surface area contributed by atoms with Gasteiger partial charge in [-0.15, -0.1) is 0 Å². The maximum Gasteiger partial charge on any atom is 0.454 e. The number of halogens is 3. The third-order valence-electron chi connectivity index (χ3n) is 3.11. The number of Topliss-reactive ketones (excluding diaryl/α,β-unsaturated/α-hetero) is 1. The summed E-state index contributed by atoms with van der Waals surface area (Å²) in [5.41, 5.74) is 8.36. The van der Waals surface area contributed by atoms with Crippen molar-refractivity contribution in [1.82, 2.24) is 5.43 Å². The lowest BCUT2D eigenvalue weighted by atomic mass is 9.92. The van der Waals surface area contributed by atoms with Crippen molar-refractivity contribution >= 4 is 23.1 Å². The van der Waals surface area contributed by atoms with Crippen molar-refractivity contribution in [3.8, 4) is 0 Å². The molecule has 3 N–H and O–H groups in total. The van der Waals surface area contributed by atoms with Crippen LogP contribution in [0.5, 0.6) is 0 Å². The minimum Gasteiger partial charge on any atom is -0.398 e. The van der Waals surface area contributed by atoms with Gasteiger partial charge in [-0.05, 0) is 6.07 Å². The van der Waals surface area contributed by atoms with E-state index in [-0.39, 0.29) is 23.9 Å². The quantitative estimate of drug-likeness (QED) is 0.646. The Morgan fingerprint density at radius 2 is 2.10 bits per heavy atom. The predicted molar refractivity (Wildman–Crippen MR) is 69.7 cm³/mol. The van der Waals surface area contributed by atoms with E-state index in [4.69, 9.17) is 5.73 Å². The largest absolute Gasteiger partial charge is 0.454 e. The lowest BCUT2D eigenvalue weighted by Gasteiger charge is -2.20. The van der Waals surface area contributed by atoms with Gasteiger partial charge in [0.05, 0.1) is 5.71 Å². The molecule has 1 aliphatic rings. The Labute approximate surface area is 118 Å². The lowest BCUT2D eigenvalue weighted by Crippen LogP contribution is -2.32. The fourth-order valence-corrected chi connectivity index (χ4v) is 2.08. The molecule has 2 rings (SSSR count). The summed E-state index contributed by atoms with van der Waals surface area (Å²) in [6, 6.07) is 3.32. The molecule has 21 heavy (non-hydrogen) atoms. The summed E-state index contributed by atoms with van der Waals surface area (Å²) in [5, 5.41) is 3.88. The van der Waals surface area contributed by atoms with Gasteiger partial charge < -0.3 is 5.73 Å². The van der Waals surface area contributed by atoms with Gasteiger partial charge in [-0.2, -0.15) is 18.3 Å². The number of nitrogens with two attached hydrogens (primary N) is 1. The molecule has 112 valence electrons. The minimum atomic E-state index is -4.95. The average molecular weight is 299 g/mol. The second-order valence-corrected chi connectivity index (χ2v) is 4.77. The number of alkyl halides is 3. The van der Waals surface area contributed by atoms with Gasteiger partial charge in [0.1, 0.15) is 0 Å². The summed E-state index contributed by atoms with van der Waals surface area (Å²) in [5.74, 6) is -2.41. The van der Waals surface area contributed by atoms with Crippen molar-refractivity contribution in [3.63, 3.8) is 0 Å². The van der Waals surface area contributed by atoms with Crippen LogP contribution in [0.3, 0.4) is 0 Å². The molecule has 1 aliphatic heterocycles. The first-order valence-electron chi connectivity index (χ1n) is 6.08. The van der Waals surface area contributed by atoms with Crippen molar-refractivity contribution in [2.75, 3.05) is 5.73 Å². The van der Waals surface area contributed by atoms with Crippen LogP contribution in [0.4, 0.5) is 18.9 Å². The molecule has 0 radical (unpaired) electrons. The highest BCUT2D eigenvalue weighted by molar-refractivity contribution is 6.10. The fourth-order valence-electron chi connectivity index (χ4n) is 2.08. The Hall–Kier alpha value is -2.38. The van der Waals surface area contributed by atoms with Gasteiger partial charge in [-0.1, -0.05) is 19.1 Å². The van der Waals surface area contributed by atoms with Crippen LogP contribution in [-0.4, -0.2) is 23.6 Å². The zero-order valence-corrected chi connectivity index (χ0v) is 11.0. The van der Waals surface area contributed by atoms with Crippen molar-refractivity contribution in [2.45, 2.75) is 19.5 Å². The number of hydrazone groups is 1. The Morgan fingerprint density at radius 3 is 2.62 bits per heavy atom. The summed E-state index contributed by atoms with van der Waals surface area (Å²) < 4.78 is 37.1.